The van der Waals surface area contributed by atoms with E-state index in [1.165, 1.54) is 12.1 Å². The number of nitrogens with zero attached hydrogens (tertiary/aromatic N) is 1. The van der Waals surface area contributed by atoms with Gasteiger partial charge in [-0.05, 0) is 68.6 Å². The van der Waals surface area contributed by atoms with E-state index in [4.69, 9.17) is 0 Å². The van der Waals surface area contributed by atoms with E-state index in [1.807, 2.05) is 4.90 Å². The average Bonchev–Trinajstić information content (AvgIpc) is 3.46. The normalized spacial score (nSPS) is 18.0. The van der Waals surface area contributed by atoms with Crippen molar-refractivity contribution in [1.82, 2.24) is 10.2 Å². The lowest BCUT2D eigenvalue weighted by molar-refractivity contribution is -0.133. The predicted octanol–water partition coefficient (Wildman–Crippen LogP) is 3.45. The van der Waals surface area contributed by atoms with Crippen LogP contribution in [0.15, 0.2) is 24.3 Å². The Kier molecular flexibility index (Phi) is 6.64. The Hall–Kier alpha value is -1.91. The number of likely N-dealkylation sites (tertiary alicyclic amines) is 1. The van der Waals surface area contributed by atoms with Crippen LogP contribution in [0, 0.1) is 11.7 Å². The zero-order valence-corrected chi connectivity index (χ0v) is 15.4. The number of rotatable bonds is 8. The Morgan fingerprint density at radius 2 is 1.73 bits per heavy atom. The van der Waals surface area contributed by atoms with E-state index in [2.05, 4.69) is 5.32 Å². The highest BCUT2D eigenvalue weighted by Gasteiger charge is 2.25. The second-order valence-electron chi connectivity index (χ2n) is 7.68. The number of piperidine rings is 1. The summed E-state index contributed by atoms with van der Waals surface area (Å²) in [6, 6.07) is 6.94. The number of nitrogens with one attached hydrogen (secondary N) is 1. The van der Waals surface area contributed by atoms with Crippen LogP contribution < -0.4 is 5.32 Å². The van der Waals surface area contributed by atoms with Crippen LogP contribution in [-0.4, -0.2) is 35.8 Å². The maximum Gasteiger partial charge on any atom is 0.222 e. The fraction of sp³-hybridized carbons (Fsp3) is 0.619. The first kappa shape index (κ1) is 18.9. The summed E-state index contributed by atoms with van der Waals surface area (Å²) < 4.78 is 12.9. The predicted molar refractivity (Wildman–Crippen MR) is 99.0 cm³/mol. The van der Waals surface area contributed by atoms with Gasteiger partial charge in [-0.15, -0.1) is 0 Å². The Labute approximate surface area is 155 Å². The van der Waals surface area contributed by atoms with Gasteiger partial charge in [-0.2, -0.15) is 0 Å². The van der Waals surface area contributed by atoms with Gasteiger partial charge in [0.25, 0.3) is 0 Å². The van der Waals surface area contributed by atoms with Crippen LogP contribution in [0.25, 0.3) is 0 Å². The van der Waals surface area contributed by atoms with Crippen molar-refractivity contribution in [2.24, 2.45) is 5.92 Å². The molecule has 1 saturated carbocycles. The van der Waals surface area contributed by atoms with E-state index in [0.717, 1.165) is 63.6 Å². The molecule has 0 bridgehead atoms. The van der Waals surface area contributed by atoms with Crippen molar-refractivity contribution in [2.75, 3.05) is 13.1 Å². The molecule has 1 aromatic carbocycles. The largest absolute Gasteiger partial charge is 0.353 e. The van der Waals surface area contributed by atoms with Crippen molar-refractivity contribution >= 4 is 11.8 Å². The SMILES string of the molecule is O=C(CCC1CCN(C(=O)CCCc2ccc(F)cc2)CC1)NC1CC1. The monoisotopic (exact) mass is 360 g/mol. The highest BCUT2D eigenvalue weighted by molar-refractivity contribution is 5.77. The van der Waals surface area contributed by atoms with Crippen LogP contribution in [0.5, 0.6) is 0 Å². The maximum atomic E-state index is 12.9. The molecule has 2 amide bonds. The van der Waals surface area contributed by atoms with Gasteiger partial charge in [-0.3, -0.25) is 9.59 Å². The number of hydrogen-bond acceptors (Lipinski definition) is 2. The molecule has 1 N–H and O–H groups in total. The van der Waals surface area contributed by atoms with E-state index in [0.29, 0.717) is 24.8 Å². The lowest BCUT2D eigenvalue weighted by atomic mass is 9.92. The topological polar surface area (TPSA) is 49.4 Å². The smallest absolute Gasteiger partial charge is 0.222 e. The van der Waals surface area contributed by atoms with E-state index in [1.54, 1.807) is 12.1 Å². The zero-order valence-electron chi connectivity index (χ0n) is 15.4. The summed E-state index contributed by atoms with van der Waals surface area (Å²) in [4.78, 5) is 26.1. The number of benzene rings is 1. The lowest BCUT2D eigenvalue weighted by Crippen LogP contribution is -2.38. The van der Waals surface area contributed by atoms with Gasteiger partial charge in [0.15, 0.2) is 0 Å². The van der Waals surface area contributed by atoms with Crippen molar-refractivity contribution in [1.29, 1.82) is 0 Å². The van der Waals surface area contributed by atoms with Crippen LogP contribution in [-0.2, 0) is 16.0 Å². The Bertz CT molecular complexity index is 605. The Morgan fingerprint density at radius 1 is 1.04 bits per heavy atom. The second-order valence-corrected chi connectivity index (χ2v) is 7.68. The first-order valence-electron chi connectivity index (χ1n) is 9.92. The molecular formula is C21H29FN2O2. The number of amides is 2. The third-order valence-corrected chi connectivity index (χ3v) is 5.46. The van der Waals surface area contributed by atoms with E-state index in [9.17, 15) is 14.0 Å². The first-order valence-corrected chi connectivity index (χ1v) is 9.92. The van der Waals surface area contributed by atoms with Gasteiger partial charge in [0.05, 0.1) is 0 Å². The highest BCUT2D eigenvalue weighted by Crippen LogP contribution is 2.24. The summed E-state index contributed by atoms with van der Waals surface area (Å²) in [7, 11) is 0. The minimum Gasteiger partial charge on any atom is -0.353 e. The van der Waals surface area contributed by atoms with Gasteiger partial charge >= 0.3 is 0 Å². The summed E-state index contributed by atoms with van der Waals surface area (Å²) in [6.45, 7) is 1.62. The van der Waals surface area contributed by atoms with Gasteiger partial charge < -0.3 is 10.2 Å². The van der Waals surface area contributed by atoms with Gasteiger partial charge in [0.1, 0.15) is 5.82 Å². The zero-order chi connectivity index (χ0) is 18.4. The fourth-order valence-corrected chi connectivity index (χ4v) is 3.59. The van der Waals surface area contributed by atoms with Gasteiger partial charge in [-0.25, -0.2) is 4.39 Å². The number of hydrogen-bond donors (Lipinski definition) is 1. The van der Waals surface area contributed by atoms with Gasteiger partial charge in [0, 0.05) is 32.0 Å². The number of halogens is 1. The number of carbonyl (C=O) groups excluding carboxylic acids is 2. The van der Waals surface area contributed by atoms with Crippen LogP contribution in [0.3, 0.4) is 0 Å². The Balaban J connectivity index is 1.29. The number of carbonyl (C=O) groups is 2. The van der Waals surface area contributed by atoms with E-state index >= 15 is 0 Å². The third-order valence-electron chi connectivity index (χ3n) is 5.46. The number of aryl methyl sites for hydroxylation is 1. The molecule has 2 aliphatic rings. The summed E-state index contributed by atoms with van der Waals surface area (Å²) in [6.07, 6.45) is 7.97. The molecule has 1 aromatic rings. The molecule has 1 saturated heterocycles. The van der Waals surface area contributed by atoms with Gasteiger partial charge in [0.2, 0.25) is 11.8 Å². The molecule has 3 rings (SSSR count). The summed E-state index contributed by atoms with van der Waals surface area (Å²) in [5, 5.41) is 3.04. The molecule has 0 radical (unpaired) electrons. The minimum absolute atomic E-state index is 0.187. The molecule has 0 aromatic heterocycles. The van der Waals surface area contributed by atoms with E-state index in [-0.39, 0.29) is 17.6 Å². The first-order chi connectivity index (χ1) is 12.6. The molecule has 2 fully saturated rings. The van der Waals surface area contributed by atoms with Crippen LogP contribution in [0.2, 0.25) is 0 Å². The van der Waals surface area contributed by atoms with Crippen molar-refractivity contribution in [3.63, 3.8) is 0 Å². The molecular weight excluding hydrogens is 331 g/mol. The van der Waals surface area contributed by atoms with Crippen molar-refractivity contribution in [3.05, 3.63) is 35.6 Å². The molecule has 5 heteroatoms. The second kappa shape index (κ2) is 9.15. The molecule has 0 unspecified atom stereocenters. The molecule has 1 aliphatic carbocycles. The Morgan fingerprint density at radius 3 is 2.38 bits per heavy atom. The summed E-state index contributed by atoms with van der Waals surface area (Å²) in [5.41, 5.74) is 1.07. The maximum absolute atomic E-state index is 12.9. The highest BCUT2D eigenvalue weighted by atomic mass is 19.1. The standard InChI is InChI=1S/C21H29FN2O2/c22-18-7-4-16(5-8-18)2-1-3-21(26)24-14-12-17(13-15-24)6-11-20(25)23-19-9-10-19/h4-5,7-8,17,19H,1-3,6,9-15H2,(H,23,25). The summed E-state index contributed by atoms with van der Waals surface area (Å²) >= 11 is 0. The minimum atomic E-state index is -0.224. The van der Waals surface area contributed by atoms with Crippen molar-refractivity contribution in [2.45, 2.75) is 63.8 Å². The fourth-order valence-electron chi connectivity index (χ4n) is 3.59. The van der Waals surface area contributed by atoms with Crippen molar-refractivity contribution in [3.8, 4) is 0 Å². The van der Waals surface area contributed by atoms with Crippen LogP contribution in [0.1, 0.15) is 56.9 Å². The van der Waals surface area contributed by atoms with Crippen LogP contribution in [0.4, 0.5) is 4.39 Å². The molecule has 26 heavy (non-hydrogen) atoms. The van der Waals surface area contributed by atoms with Crippen LogP contribution >= 0.6 is 0 Å². The molecule has 1 heterocycles. The molecule has 0 atom stereocenters. The van der Waals surface area contributed by atoms with Gasteiger partial charge in [-0.1, -0.05) is 12.1 Å². The molecule has 4 nitrogen and oxygen atoms in total. The molecule has 1 aliphatic heterocycles. The molecule has 142 valence electrons. The average molecular weight is 360 g/mol. The third kappa shape index (κ3) is 6.11. The quantitative estimate of drug-likeness (QED) is 0.772. The molecule has 0 spiro atoms. The summed E-state index contributed by atoms with van der Waals surface area (Å²) in [5.74, 6) is 0.741. The van der Waals surface area contributed by atoms with E-state index < -0.39 is 0 Å². The van der Waals surface area contributed by atoms with Crippen molar-refractivity contribution < 1.29 is 14.0 Å². The lowest BCUT2D eigenvalue weighted by Gasteiger charge is -2.32.